The van der Waals surface area contributed by atoms with Crippen molar-refractivity contribution < 1.29 is 9.21 Å². The molecule has 0 unspecified atom stereocenters. The molecule has 0 aliphatic rings. The van der Waals surface area contributed by atoms with Crippen LogP contribution in [0.5, 0.6) is 0 Å². The Balaban J connectivity index is 2.07. The molecule has 5 heteroatoms. The van der Waals surface area contributed by atoms with Crippen LogP contribution < -0.4 is 0 Å². The van der Waals surface area contributed by atoms with Gasteiger partial charge in [-0.25, -0.2) is 0 Å². The molecule has 0 spiro atoms. The maximum absolute atomic E-state index is 11.7. The number of aryl methyl sites for hydroxylation is 1. The van der Waals surface area contributed by atoms with Crippen molar-refractivity contribution >= 4 is 17.4 Å². The SMILES string of the molecule is CCn1cc(CC(=O)c2ccc(Cl)o2)cn1. The van der Waals surface area contributed by atoms with Crippen LogP contribution in [-0.2, 0) is 13.0 Å². The first-order valence-electron chi connectivity index (χ1n) is 4.99. The summed E-state index contributed by atoms with van der Waals surface area (Å²) in [7, 11) is 0. The number of halogens is 1. The lowest BCUT2D eigenvalue weighted by Gasteiger charge is -1.94. The molecular formula is C11H11ClN2O2. The van der Waals surface area contributed by atoms with E-state index in [1.54, 1.807) is 23.0 Å². The highest BCUT2D eigenvalue weighted by atomic mass is 35.5. The fourth-order valence-electron chi connectivity index (χ4n) is 1.41. The van der Waals surface area contributed by atoms with Crippen molar-refractivity contribution in [1.82, 2.24) is 9.78 Å². The van der Waals surface area contributed by atoms with Crippen molar-refractivity contribution in [1.29, 1.82) is 0 Å². The summed E-state index contributed by atoms with van der Waals surface area (Å²) in [6.45, 7) is 2.78. The van der Waals surface area contributed by atoms with Crippen molar-refractivity contribution in [2.45, 2.75) is 19.9 Å². The van der Waals surface area contributed by atoms with Gasteiger partial charge in [-0.3, -0.25) is 9.48 Å². The van der Waals surface area contributed by atoms with Gasteiger partial charge in [-0.05, 0) is 36.2 Å². The van der Waals surface area contributed by atoms with Crippen LogP contribution in [-0.4, -0.2) is 15.6 Å². The Bertz CT molecular complexity index is 502. The number of hydrogen-bond acceptors (Lipinski definition) is 3. The van der Waals surface area contributed by atoms with Crippen LogP contribution in [0.4, 0.5) is 0 Å². The molecule has 0 bridgehead atoms. The van der Waals surface area contributed by atoms with E-state index in [4.69, 9.17) is 16.0 Å². The zero-order chi connectivity index (χ0) is 11.5. The summed E-state index contributed by atoms with van der Waals surface area (Å²) < 4.78 is 6.81. The molecular weight excluding hydrogens is 228 g/mol. The molecule has 16 heavy (non-hydrogen) atoms. The van der Waals surface area contributed by atoms with Gasteiger partial charge < -0.3 is 4.42 Å². The molecule has 0 radical (unpaired) electrons. The molecule has 2 heterocycles. The maximum Gasteiger partial charge on any atom is 0.202 e. The van der Waals surface area contributed by atoms with Gasteiger partial charge in [0.2, 0.25) is 5.78 Å². The summed E-state index contributed by atoms with van der Waals surface area (Å²) in [6, 6.07) is 3.14. The number of carbonyl (C=O) groups is 1. The van der Waals surface area contributed by atoms with E-state index in [1.165, 1.54) is 0 Å². The zero-order valence-electron chi connectivity index (χ0n) is 8.81. The summed E-state index contributed by atoms with van der Waals surface area (Å²) in [5, 5.41) is 4.32. The maximum atomic E-state index is 11.7. The van der Waals surface area contributed by atoms with Crippen molar-refractivity contribution in [3.8, 4) is 0 Å². The van der Waals surface area contributed by atoms with Crippen molar-refractivity contribution in [2.75, 3.05) is 0 Å². The lowest BCUT2D eigenvalue weighted by molar-refractivity contribution is 0.0966. The standard InChI is InChI=1S/C11H11ClN2O2/c1-2-14-7-8(6-13-14)5-9(15)10-3-4-11(12)16-10/h3-4,6-7H,2,5H2,1H3. The summed E-state index contributed by atoms with van der Waals surface area (Å²) in [5.74, 6) is 0.191. The molecule has 0 saturated heterocycles. The van der Waals surface area contributed by atoms with Gasteiger partial charge in [0.1, 0.15) is 0 Å². The van der Waals surface area contributed by atoms with Gasteiger partial charge in [-0.2, -0.15) is 5.10 Å². The highest BCUT2D eigenvalue weighted by Crippen LogP contribution is 2.15. The Morgan fingerprint density at radius 1 is 1.56 bits per heavy atom. The van der Waals surface area contributed by atoms with E-state index in [0.717, 1.165) is 12.1 Å². The van der Waals surface area contributed by atoms with Gasteiger partial charge in [0.05, 0.1) is 6.20 Å². The third kappa shape index (κ3) is 2.33. The summed E-state index contributed by atoms with van der Waals surface area (Å²) in [6.07, 6.45) is 3.82. The van der Waals surface area contributed by atoms with Crippen LogP contribution in [0.2, 0.25) is 5.22 Å². The highest BCUT2D eigenvalue weighted by molar-refractivity contribution is 6.29. The second kappa shape index (κ2) is 4.53. The third-order valence-corrected chi connectivity index (χ3v) is 2.43. The number of hydrogen-bond donors (Lipinski definition) is 0. The molecule has 0 amide bonds. The second-order valence-electron chi connectivity index (χ2n) is 3.41. The predicted octanol–water partition coefficient (Wildman–Crippen LogP) is 2.57. The first-order valence-corrected chi connectivity index (χ1v) is 5.36. The molecule has 84 valence electrons. The molecule has 0 aliphatic heterocycles. The van der Waals surface area contributed by atoms with E-state index in [0.29, 0.717) is 0 Å². The Hall–Kier alpha value is -1.55. The average molecular weight is 239 g/mol. The number of nitrogens with zero attached hydrogens (tertiary/aromatic N) is 2. The van der Waals surface area contributed by atoms with Crippen molar-refractivity contribution in [2.24, 2.45) is 0 Å². The third-order valence-electron chi connectivity index (χ3n) is 2.22. The number of Topliss-reactive ketones (excluding diaryl/α,β-unsaturated/α-hetero) is 1. The molecule has 0 fully saturated rings. The molecule has 2 aromatic heterocycles. The normalized spacial score (nSPS) is 10.6. The van der Waals surface area contributed by atoms with Crippen LogP contribution in [0.25, 0.3) is 0 Å². The number of rotatable bonds is 4. The first-order chi connectivity index (χ1) is 7.69. The van der Waals surface area contributed by atoms with Gasteiger partial charge in [0, 0.05) is 19.2 Å². The van der Waals surface area contributed by atoms with E-state index in [1.807, 2.05) is 13.1 Å². The van der Waals surface area contributed by atoms with Gasteiger partial charge in [-0.1, -0.05) is 0 Å². The molecule has 0 aliphatic carbocycles. The van der Waals surface area contributed by atoms with E-state index in [2.05, 4.69) is 5.10 Å². The molecule has 0 N–H and O–H groups in total. The molecule has 2 rings (SSSR count). The topological polar surface area (TPSA) is 48.0 Å². The second-order valence-corrected chi connectivity index (χ2v) is 3.78. The number of aromatic nitrogens is 2. The molecule has 4 nitrogen and oxygen atoms in total. The van der Waals surface area contributed by atoms with Crippen molar-refractivity contribution in [3.05, 3.63) is 41.1 Å². The highest BCUT2D eigenvalue weighted by Gasteiger charge is 2.12. The Kier molecular flexibility index (Phi) is 3.10. The number of furan rings is 1. The van der Waals surface area contributed by atoms with Gasteiger partial charge in [0.15, 0.2) is 11.0 Å². The van der Waals surface area contributed by atoms with Crippen LogP contribution >= 0.6 is 11.6 Å². The Labute approximate surface area is 97.8 Å². The zero-order valence-corrected chi connectivity index (χ0v) is 9.57. The van der Waals surface area contributed by atoms with Gasteiger partial charge in [0.25, 0.3) is 0 Å². The van der Waals surface area contributed by atoms with E-state index in [-0.39, 0.29) is 23.2 Å². The molecule has 0 aromatic carbocycles. The summed E-state index contributed by atoms with van der Waals surface area (Å²) >= 11 is 5.60. The van der Waals surface area contributed by atoms with Crippen LogP contribution in [0.1, 0.15) is 23.0 Å². The minimum atomic E-state index is -0.0949. The number of ketones is 1. The predicted molar refractivity (Wildman–Crippen MR) is 59.7 cm³/mol. The lowest BCUT2D eigenvalue weighted by atomic mass is 10.1. The van der Waals surface area contributed by atoms with E-state index in [9.17, 15) is 4.79 Å². The van der Waals surface area contributed by atoms with Gasteiger partial charge >= 0.3 is 0 Å². The Morgan fingerprint density at radius 3 is 2.94 bits per heavy atom. The fraction of sp³-hybridized carbons (Fsp3) is 0.273. The fourth-order valence-corrected chi connectivity index (χ4v) is 1.55. The first kappa shape index (κ1) is 11.0. The van der Waals surface area contributed by atoms with E-state index < -0.39 is 0 Å². The number of carbonyl (C=O) groups excluding carboxylic acids is 1. The lowest BCUT2D eigenvalue weighted by Crippen LogP contribution is -2.01. The molecule has 2 aromatic rings. The monoisotopic (exact) mass is 238 g/mol. The molecule has 0 saturated carbocycles. The smallest absolute Gasteiger partial charge is 0.202 e. The van der Waals surface area contributed by atoms with Crippen molar-refractivity contribution in [3.63, 3.8) is 0 Å². The quantitative estimate of drug-likeness (QED) is 0.770. The minimum absolute atomic E-state index is 0.0949. The Morgan fingerprint density at radius 2 is 2.38 bits per heavy atom. The summed E-state index contributed by atoms with van der Waals surface area (Å²) in [5.41, 5.74) is 0.874. The van der Waals surface area contributed by atoms with E-state index >= 15 is 0 Å². The molecule has 0 atom stereocenters. The van der Waals surface area contributed by atoms with Crippen LogP contribution in [0.15, 0.2) is 28.9 Å². The largest absolute Gasteiger partial charge is 0.442 e. The van der Waals surface area contributed by atoms with Gasteiger partial charge in [-0.15, -0.1) is 0 Å². The minimum Gasteiger partial charge on any atom is -0.442 e. The van der Waals surface area contributed by atoms with Crippen LogP contribution in [0, 0.1) is 0 Å². The summed E-state index contributed by atoms with van der Waals surface area (Å²) in [4.78, 5) is 11.7. The average Bonchev–Trinajstić information content (AvgIpc) is 2.87. The van der Waals surface area contributed by atoms with Crippen LogP contribution in [0.3, 0.4) is 0 Å².